The van der Waals surface area contributed by atoms with Crippen molar-refractivity contribution in [3.05, 3.63) is 33.8 Å². The summed E-state index contributed by atoms with van der Waals surface area (Å²) in [5, 5.41) is 5.51. The summed E-state index contributed by atoms with van der Waals surface area (Å²) < 4.78 is 0. The van der Waals surface area contributed by atoms with Gasteiger partial charge < -0.3 is 5.32 Å². The molecule has 1 aliphatic rings. The van der Waals surface area contributed by atoms with E-state index in [1.165, 1.54) is 32.1 Å². The van der Waals surface area contributed by atoms with Crippen LogP contribution in [0.25, 0.3) is 0 Å². The minimum absolute atomic E-state index is 0.276. The number of hydrogen-bond acceptors (Lipinski definition) is 2. The second-order valence-electron chi connectivity index (χ2n) is 5.08. The highest BCUT2D eigenvalue weighted by molar-refractivity contribution is 7.99. The zero-order valence-electron chi connectivity index (χ0n) is 11.3. The van der Waals surface area contributed by atoms with Crippen LogP contribution in [0.15, 0.2) is 18.2 Å². The van der Waals surface area contributed by atoms with Crippen molar-refractivity contribution in [2.24, 2.45) is 0 Å². The Labute approximate surface area is 130 Å². The van der Waals surface area contributed by atoms with Gasteiger partial charge in [0.2, 0.25) is 0 Å². The van der Waals surface area contributed by atoms with Crippen molar-refractivity contribution in [1.29, 1.82) is 0 Å². The molecule has 0 aliphatic heterocycles. The topological polar surface area (TPSA) is 12.0 Å². The van der Waals surface area contributed by atoms with Gasteiger partial charge in [0.05, 0.1) is 10.0 Å². The molecule has 1 N–H and O–H groups in total. The highest BCUT2D eigenvalue weighted by atomic mass is 35.5. The van der Waals surface area contributed by atoms with E-state index < -0.39 is 0 Å². The van der Waals surface area contributed by atoms with E-state index >= 15 is 0 Å². The zero-order valence-corrected chi connectivity index (χ0v) is 13.6. The average molecular weight is 318 g/mol. The van der Waals surface area contributed by atoms with E-state index in [9.17, 15) is 0 Å². The molecule has 1 nitrogen and oxygen atoms in total. The molecule has 106 valence electrons. The maximum atomic E-state index is 6.31. The second-order valence-corrected chi connectivity index (χ2v) is 7.20. The lowest BCUT2D eigenvalue weighted by atomic mass is 10.0. The Balaban J connectivity index is 1.97. The predicted octanol–water partition coefficient (Wildman–Crippen LogP) is 5.32. The van der Waals surface area contributed by atoms with E-state index in [4.69, 9.17) is 23.2 Å². The molecule has 4 heteroatoms. The molecule has 0 amide bonds. The van der Waals surface area contributed by atoms with Gasteiger partial charge in [-0.15, -0.1) is 0 Å². The molecule has 0 aromatic heterocycles. The zero-order chi connectivity index (χ0) is 13.7. The normalized spacial score (nSPS) is 18.5. The standard InChI is InChI=1S/C15H21Cl2NS/c1-18-14(10-19-11-6-3-2-4-7-11)12-8-5-9-13(16)15(12)17/h5,8-9,11,14,18H,2-4,6-7,10H2,1H3. The summed E-state index contributed by atoms with van der Waals surface area (Å²) in [7, 11) is 1.99. The van der Waals surface area contributed by atoms with Crippen LogP contribution in [0.4, 0.5) is 0 Å². The molecule has 1 fully saturated rings. The summed E-state index contributed by atoms with van der Waals surface area (Å²) >= 11 is 14.5. The van der Waals surface area contributed by atoms with Gasteiger partial charge in [0, 0.05) is 17.0 Å². The summed E-state index contributed by atoms with van der Waals surface area (Å²) in [4.78, 5) is 0. The van der Waals surface area contributed by atoms with Crippen molar-refractivity contribution < 1.29 is 0 Å². The van der Waals surface area contributed by atoms with E-state index in [1.807, 2.05) is 19.2 Å². The molecule has 0 heterocycles. The lowest BCUT2D eigenvalue weighted by Crippen LogP contribution is -2.21. The number of nitrogens with one attached hydrogen (secondary N) is 1. The molecule has 19 heavy (non-hydrogen) atoms. The second kappa shape index (κ2) is 7.78. The summed E-state index contributed by atoms with van der Waals surface area (Å²) in [5.41, 5.74) is 1.11. The minimum Gasteiger partial charge on any atom is -0.312 e. The van der Waals surface area contributed by atoms with Crippen LogP contribution in [0.3, 0.4) is 0 Å². The number of rotatable bonds is 5. The first-order valence-corrected chi connectivity index (χ1v) is 8.75. The fourth-order valence-electron chi connectivity index (χ4n) is 2.58. The Bertz CT molecular complexity index is 405. The van der Waals surface area contributed by atoms with Crippen molar-refractivity contribution >= 4 is 35.0 Å². The van der Waals surface area contributed by atoms with Gasteiger partial charge in [-0.2, -0.15) is 11.8 Å². The lowest BCUT2D eigenvalue weighted by molar-refractivity contribution is 0.515. The van der Waals surface area contributed by atoms with E-state index in [2.05, 4.69) is 23.1 Å². The van der Waals surface area contributed by atoms with Crippen LogP contribution in [-0.4, -0.2) is 18.1 Å². The smallest absolute Gasteiger partial charge is 0.0640 e. The van der Waals surface area contributed by atoms with Crippen molar-refractivity contribution in [3.8, 4) is 0 Å². The molecular weight excluding hydrogens is 297 g/mol. The molecule has 1 aliphatic carbocycles. The van der Waals surface area contributed by atoms with Gasteiger partial charge in [-0.05, 0) is 31.5 Å². The molecule has 1 aromatic carbocycles. The first-order valence-electron chi connectivity index (χ1n) is 6.95. The Morgan fingerprint density at radius 3 is 2.68 bits per heavy atom. The van der Waals surface area contributed by atoms with Gasteiger partial charge in [-0.25, -0.2) is 0 Å². The Hall–Kier alpha value is 0.110. The van der Waals surface area contributed by atoms with Crippen molar-refractivity contribution in [3.63, 3.8) is 0 Å². The van der Waals surface area contributed by atoms with Gasteiger partial charge in [0.25, 0.3) is 0 Å². The third-order valence-electron chi connectivity index (χ3n) is 3.76. The largest absolute Gasteiger partial charge is 0.312 e. The SMILES string of the molecule is CNC(CSC1CCCCC1)c1cccc(Cl)c1Cl. The monoisotopic (exact) mass is 317 g/mol. The molecule has 1 unspecified atom stereocenters. The molecule has 0 radical (unpaired) electrons. The average Bonchev–Trinajstić information content (AvgIpc) is 2.45. The minimum atomic E-state index is 0.276. The molecule has 0 bridgehead atoms. The Kier molecular flexibility index (Phi) is 6.34. The summed E-state index contributed by atoms with van der Waals surface area (Å²) in [5.74, 6) is 1.06. The van der Waals surface area contributed by atoms with Gasteiger partial charge >= 0.3 is 0 Å². The van der Waals surface area contributed by atoms with Crippen molar-refractivity contribution in [1.82, 2.24) is 5.32 Å². The van der Waals surface area contributed by atoms with Gasteiger partial charge in [0.1, 0.15) is 0 Å². The van der Waals surface area contributed by atoms with Crippen LogP contribution < -0.4 is 5.32 Å². The molecule has 2 rings (SSSR count). The Morgan fingerprint density at radius 1 is 1.26 bits per heavy atom. The first kappa shape index (κ1) is 15.5. The third kappa shape index (κ3) is 4.29. The van der Waals surface area contributed by atoms with Crippen molar-refractivity contribution in [2.45, 2.75) is 43.4 Å². The van der Waals surface area contributed by atoms with E-state index in [-0.39, 0.29) is 6.04 Å². The van der Waals surface area contributed by atoms with Crippen LogP contribution in [0, 0.1) is 0 Å². The van der Waals surface area contributed by atoms with E-state index in [0.717, 1.165) is 16.6 Å². The van der Waals surface area contributed by atoms with E-state index in [1.54, 1.807) is 0 Å². The van der Waals surface area contributed by atoms with Crippen molar-refractivity contribution in [2.75, 3.05) is 12.8 Å². The van der Waals surface area contributed by atoms with Crippen LogP contribution >= 0.6 is 35.0 Å². The molecule has 0 spiro atoms. The molecule has 1 aromatic rings. The lowest BCUT2D eigenvalue weighted by Gasteiger charge is -2.24. The number of thioether (sulfide) groups is 1. The number of hydrogen-bond donors (Lipinski definition) is 1. The Morgan fingerprint density at radius 2 is 2.00 bits per heavy atom. The molecule has 0 saturated heterocycles. The molecule has 1 saturated carbocycles. The first-order chi connectivity index (χ1) is 9.22. The number of halogens is 2. The van der Waals surface area contributed by atoms with Crippen LogP contribution in [-0.2, 0) is 0 Å². The molecule has 1 atom stereocenters. The summed E-state index contributed by atoms with van der Waals surface area (Å²) in [6, 6.07) is 6.16. The van der Waals surface area contributed by atoms with E-state index in [0.29, 0.717) is 10.0 Å². The maximum Gasteiger partial charge on any atom is 0.0640 e. The summed E-state index contributed by atoms with van der Waals surface area (Å²) in [6.07, 6.45) is 6.92. The van der Waals surface area contributed by atoms with Crippen LogP contribution in [0.5, 0.6) is 0 Å². The highest BCUT2D eigenvalue weighted by Crippen LogP contribution is 2.34. The van der Waals surface area contributed by atoms with Gasteiger partial charge in [-0.1, -0.05) is 54.6 Å². The van der Waals surface area contributed by atoms with Gasteiger partial charge in [0.15, 0.2) is 0 Å². The third-order valence-corrected chi connectivity index (χ3v) is 6.06. The quantitative estimate of drug-likeness (QED) is 0.788. The predicted molar refractivity (Wildman–Crippen MR) is 87.6 cm³/mol. The fraction of sp³-hybridized carbons (Fsp3) is 0.600. The van der Waals surface area contributed by atoms with Crippen LogP contribution in [0.1, 0.15) is 43.7 Å². The summed E-state index contributed by atoms with van der Waals surface area (Å²) in [6.45, 7) is 0. The molecular formula is C15H21Cl2NS. The van der Waals surface area contributed by atoms with Crippen LogP contribution in [0.2, 0.25) is 10.0 Å². The fourth-order valence-corrected chi connectivity index (χ4v) is 4.50. The maximum absolute atomic E-state index is 6.31. The van der Waals surface area contributed by atoms with Gasteiger partial charge in [-0.3, -0.25) is 0 Å². The number of benzene rings is 1. The highest BCUT2D eigenvalue weighted by Gasteiger charge is 2.19.